The Labute approximate surface area is 118 Å². The molecule has 0 aliphatic carbocycles. The van der Waals surface area contributed by atoms with Crippen LogP contribution in [-0.2, 0) is 23.8 Å². The minimum Gasteiger partial charge on any atom is -0.469 e. The van der Waals surface area contributed by atoms with Crippen molar-refractivity contribution in [1.82, 2.24) is 4.90 Å². The van der Waals surface area contributed by atoms with E-state index in [-0.39, 0.29) is 24.9 Å². The van der Waals surface area contributed by atoms with E-state index in [2.05, 4.69) is 4.74 Å². The largest absolute Gasteiger partial charge is 0.469 e. The van der Waals surface area contributed by atoms with Crippen LogP contribution in [-0.4, -0.2) is 61.3 Å². The zero-order valence-electron chi connectivity index (χ0n) is 12.3. The van der Waals surface area contributed by atoms with Crippen LogP contribution in [0.3, 0.4) is 0 Å². The number of carbonyl (C=O) groups excluding carboxylic acids is 3. The Morgan fingerprint density at radius 3 is 2.30 bits per heavy atom. The van der Waals surface area contributed by atoms with Crippen LogP contribution in [0.1, 0.15) is 27.2 Å². The van der Waals surface area contributed by atoms with Crippen molar-refractivity contribution in [1.29, 1.82) is 0 Å². The molecule has 1 amide bonds. The van der Waals surface area contributed by atoms with Gasteiger partial charge in [-0.1, -0.05) is 0 Å². The van der Waals surface area contributed by atoms with Crippen molar-refractivity contribution < 1.29 is 28.6 Å². The second-order valence-electron chi connectivity index (χ2n) is 5.61. The van der Waals surface area contributed by atoms with Gasteiger partial charge in [-0.2, -0.15) is 0 Å². The highest BCUT2D eigenvalue weighted by Gasteiger charge is 2.34. The summed E-state index contributed by atoms with van der Waals surface area (Å²) in [6.07, 6.45) is -0.874. The van der Waals surface area contributed by atoms with E-state index in [4.69, 9.17) is 9.47 Å². The second-order valence-corrected chi connectivity index (χ2v) is 5.61. The van der Waals surface area contributed by atoms with Crippen LogP contribution in [0, 0.1) is 0 Å². The molecule has 0 unspecified atom stereocenters. The highest BCUT2D eigenvalue weighted by atomic mass is 16.6. The molecule has 1 heterocycles. The van der Waals surface area contributed by atoms with Gasteiger partial charge >= 0.3 is 12.1 Å². The molecule has 1 aliphatic heterocycles. The summed E-state index contributed by atoms with van der Waals surface area (Å²) in [6, 6.07) is 0. The number of likely N-dealkylation sites (tertiary alicyclic amines) is 1. The maximum Gasteiger partial charge on any atom is 0.410 e. The molecule has 1 rings (SSSR count). The number of hydrogen-bond donors (Lipinski definition) is 0. The van der Waals surface area contributed by atoms with Crippen LogP contribution in [0.5, 0.6) is 0 Å². The summed E-state index contributed by atoms with van der Waals surface area (Å²) in [4.78, 5) is 35.3. The summed E-state index contributed by atoms with van der Waals surface area (Å²) in [5.41, 5.74) is -0.528. The first-order chi connectivity index (χ1) is 9.21. The lowest BCUT2D eigenvalue weighted by molar-refractivity contribution is -0.145. The minimum atomic E-state index is -0.581. The predicted octanol–water partition coefficient (Wildman–Crippen LogP) is 0.754. The normalized spacial score (nSPS) is 15.5. The topological polar surface area (TPSA) is 82.1 Å². The third-order valence-electron chi connectivity index (χ3n) is 2.55. The maximum atomic E-state index is 11.6. The number of ether oxygens (including phenoxy) is 3. The van der Waals surface area contributed by atoms with E-state index in [1.54, 1.807) is 20.8 Å². The molecular weight excluding hydrogens is 266 g/mol. The number of nitrogens with zero attached hydrogens (tertiary/aromatic N) is 1. The summed E-state index contributed by atoms with van der Waals surface area (Å²) < 4.78 is 14.9. The van der Waals surface area contributed by atoms with Crippen LogP contribution in [0.25, 0.3) is 0 Å². The average Bonchev–Trinajstić information content (AvgIpc) is 2.23. The zero-order chi connectivity index (χ0) is 15.3. The van der Waals surface area contributed by atoms with Gasteiger partial charge in [0, 0.05) is 0 Å². The monoisotopic (exact) mass is 287 g/mol. The Morgan fingerprint density at radius 1 is 1.20 bits per heavy atom. The van der Waals surface area contributed by atoms with Crippen LogP contribution in [0.4, 0.5) is 4.79 Å². The molecule has 1 aliphatic rings. The van der Waals surface area contributed by atoms with Gasteiger partial charge in [0.05, 0.1) is 26.3 Å². The third-order valence-corrected chi connectivity index (χ3v) is 2.55. The maximum absolute atomic E-state index is 11.6. The molecule has 7 heteroatoms. The first-order valence-electron chi connectivity index (χ1n) is 6.39. The Bertz CT molecular complexity index is 381. The third kappa shape index (κ3) is 5.56. The number of amides is 1. The van der Waals surface area contributed by atoms with Gasteiger partial charge in [-0.25, -0.2) is 4.79 Å². The van der Waals surface area contributed by atoms with Crippen molar-refractivity contribution >= 4 is 17.8 Å². The number of esters is 1. The summed E-state index contributed by atoms with van der Waals surface area (Å²) >= 11 is 0. The minimum absolute atomic E-state index is 0.151. The molecule has 0 radical (unpaired) electrons. The SMILES string of the molecule is COC(=O)CC(=O)COC1CN(C(=O)OC(C)(C)C)C1. The predicted molar refractivity (Wildman–Crippen MR) is 69.2 cm³/mol. The van der Waals surface area contributed by atoms with Gasteiger partial charge in [0.25, 0.3) is 0 Å². The molecule has 0 bridgehead atoms. The van der Waals surface area contributed by atoms with Crippen molar-refractivity contribution in [2.75, 3.05) is 26.8 Å². The van der Waals surface area contributed by atoms with Crippen molar-refractivity contribution in [3.63, 3.8) is 0 Å². The molecule has 0 saturated carbocycles. The van der Waals surface area contributed by atoms with Gasteiger partial charge in [0.1, 0.15) is 18.6 Å². The van der Waals surface area contributed by atoms with Crippen LogP contribution >= 0.6 is 0 Å². The van der Waals surface area contributed by atoms with Crippen LogP contribution < -0.4 is 0 Å². The smallest absolute Gasteiger partial charge is 0.410 e. The molecule has 7 nitrogen and oxygen atoms in total. The standard InChI is InChI=1S/C13H21NO6/c1-13(2,3)20-12(17)14-6-10(7-14)19-8-9(15)5-11(16)18-4/h10H,5-8H2,1-4H3. The summed E-state index contributed by atoms with van der Waals surface area (Å²) in [6.45, 7) is 6.02. The molecule has 1 fully saturated rings. The van der Waals surface area contributed by atoms with Gasteiger partial charge in [0.2, 0.25) is 0 Å². The van der Waals surface area contributed by atoms with Gasteiger partial charge in [-0.05, 0) is 20.8 Å². The van der Waals surface area contributed by atoms with Crippen molar-refractivity contribution in [3.8, 4) is 0 Å². The fraction of sp³-hybridized carbons (Fsp3) is 0.769. The van der Waals surface area contributed by atoms with E-state index in [0.717, 1.165) is 0 Å². The summed E-state index contributed by atoms with van der Waals surface area (Å²) in [5.74, 6) is -0.921. The van der Waals surface area contributed by atoms with Crippen LogP contribution in [0.15, 0.2) is 0 Å². The van der Waals surface area contributed by atoms with Crippen LogP contribution in [0.2, 0.25) is 0 Å². The second kappa shape index (κ2) is 6.69. The summed E-state index contributed by atoms with van der Waals surface area (Å²) in [7, 11) is 1.22. The van der Waals surface area contributed by atoms with Gasteiger partial charge in [-0.15, -0.1) is 0 Å². The molecule has 0 aromatic rings. The molecule has 20 heavy (non-hydrogen) atoms. The lowest BCUT2D eigenvalue weighted by atomic mass is 10.1. The van der Waals surface area contributed by atoms with E-state index >= 15 is 0 Å². The first-order valence-corrected chi connectivity index (χ1v) is 6.39. The molecule has 1 saturated heterocycles. The van der Waals surface area contributed by atoms with Gasteiger partial charge in [-0.3, -0.25) is 9.59 Å². The van der Waals surface area contributed by atoms with E-state index in [0.29, 0.717) is 13.1 Å². The highest BCUT2D eigenvalue weighted by Crippen LogP contribution is 2.17. The zero-order valence-corrected chi connectivity index (χ0v) is 12.3. The molecule has 0 aromatic carbocycles. The number of ketones is 1. The Morgan fingerprint density at radius 2 is 1.80 bits per heavy atom. The van der Waals surface area contributed by atoms with E-state index in [1.807, 2.05) is 0 Å². The Kier molecular flexibility index (Phi) is 5.50. The molecule has 0 atom stereocenters. The van der Waals surface area contributed by atoms with E-state index in [1.165, 1.54) is 12.0 Å². The quantitative estimate of drug-likeness (QED) is 0.548. The van der Waals surface area contributed by atoms with Crippen molar-refractivity contribution in [2.45, 2.75) is 38.9 Å². The van der Waals surface area contributed by atoms with Gasteiger partial charge in [0.15, 0.2) is 5.78 Å². The summed E-state index contributed by atoms with van der Waals surface area (Å²) in [5, 5.41) is 0. The molecule has 114 valence electrons. The average molecular weight is 287 g/mol. The lowest BCUT2D eigenvalue weighted by Crippen LogP contribution is -2.56. The number of hydrogen-bond acceptors (Lipinski definition) is 6. The molecule has 0 spiro atoms. The van der Waals surface area contributed by atoms with E-state index in [9.17, 15) is 14.4 Å². The number of Topliss-reactive ketones (excluding diaryl/α,β-unsaturated/α-hetero) is 1. The fourth-order valence-corrected chi connectivity index (χ4v) is 1.51. The van der Waals surface area contributed by atoms with E-state index < -0.39 is 17.7 Å². The lowest BCUT2D eigenvalue weighted by Gasteiger charge is -2.39. The molecular formula is C13H21NO6. The number of methoxy groups -OCH3 is 1. The Hall–Kier alpha value is -1.63. The number of carbonyl (C=O) groups is 3. The number of rotatable bonds is 5. The molecule has 0 aromatic heterocycles. The fourth-order valence-electron chi connectivity index (χ4n) is 1.51. The Balaban J connectivity index is 2.18. The first kappa shape index (κ1) is 16.4. The van der Waals surface area contributed by atoms with Gasteiger partial charge < -0.3 is 19.1 Å². The van der Waals surface area contributed by atoms with Crippen molar-refractivity contribution in [3.05, 3.63) is 0 Å². The highest BCUT2D eigenvalue weighted by molar-refractivity contribution is 5.96. The molecule has 0 N–H and O–H groups in total. The van der Waals surface area contributed by atoms with Crippen molar-refractivity contribution in [2.24, 2.45) is 0 Å².